The molecule has 5 nitrogen and oxygen atoms in total. The van der Waals surface area contributed by atoms with Gasteiger partial charge >= 0.3 is 0 Å². The van der Waals surface area contributed by atoms with E-state index in [2.05, 4.69) is 0 Å². The molecule has 1 aromatic heterocycles. The summed E-state index contributed by atoms with van der Waals surface area (Å²) in [6, 6.07) is 3.09. The van der Waals surface area contributed by atoms with E-state index in [0.717, 1.165) is 6.42 Å². The summed E-state index contributed by atoms with van der Waals surface area (Å²) in [5, 5.41) is 0. The Morgan fingerprint density at radius 3 is 2.78 bits per heavy atom. The van der Waals surface area contributed by atoms with E-state index in [4.69, 9.17) is 15.2 Å². The van der Waals surface area contributed by atoms with Crippen LogP contribution in [-0.2, 0) is 16.0 Å². The molecule has 0 atom stereocenters. The normalized spacial score (nSPS) is 11.1. The van der Waals surface area contributed by atoms with Gasteiger partial charge in [0.25, 0.3) is 5.56 Å². The Balaban J connectivity index is 2.14. The number of anilines is 1. The van der Waals surface area contributed by atoms with Crippen LogP contribution in [0.3, 0.4) is 0 Å². The monoisotopic (exact) mass is 254 g/mol. The summed E-state index contributed by atoms with van der Waals surface area (Å²) in [6.45, 7) is 6.41. The smallest absolute Gasteiger partial charge is 0.250 e. The Bertz CT molecular complexity index is 401. The lowest BCUT2D eigenvalue weighted by atomic mass is 10.4. The van der Waals surface area contributed by atoms with Gasteiger partial charge in [0.15, 0.2) is 0 Å². The fraction of sp³-hybridized carbons (Fsp3) is 0.615. The summed E-state index contributed by atoms with van der Waals surface area (Å²) >= 11 is 0. The molecule has 0 aromatic carbocycles. The Morgan fingerprint density at radius 2 is 2.06 bits per heavy atom. The molecule has 0 spiro atoms. The van der Waals surface area contributed by atoms with E-state index in [1.54, 1.807) is 16.8 Å². The molecule has 0 saturated carbocycles. The van der Waals surface area contributed by atoms with Crippen LogP contribution in [0.4, 0.5) is 5.69 Å². The average Bonchev–Trinajstić information content (AvgIpc) is 2.32. The second-order valence-corrected chi connectivity index (χ2v) is 4.38. The highest BCUT2D eigenvalue weighted by atomic mass is 16.5. The molecule has 0 aliphatic heterocycles. The molecule has 5 heteroatoms. The fourth-order valence-electron chi connectivity index (χ4n) is 1.51. The first kappa shape index (κ1) is 14.7. The Kier molecular flexibility index (Phi) is 6.46. The van der Waals surface area contributed by atoms with Crippen molar-refractivity contribution >= 4 is 5.69 Å². The first-order valence-electron chi connectivity index (χ1n) is 6.25. The lowest BCUT2D eigenvalue weighted by molar-refractivity contribution is 0.0183. The van der Waals surface area contributed by atoms with Crippen molar-refractivity contribution in [2.45, 2.75) is 32.9 Å². The predicted octanol–water partition coefficient (Wildman–Crippen LogP) is 1.26. The van der Waals surface area contributed by atoms with Crippen LogP contribution in [0.15, 0.2) is 23.1 Å². The van der Waals surface area contributed by atoms with E-state index < -0.39 is 0 Å². The van der Waals surface area contributed by atoms with Crippen molar-refractivity contribution in [2.24, 2.45) is 0 Å². The van der Waals surface area contributed by atoms with Gasteiger partial charge in [-0.1, -0.05) is 0 Å². The summed E-state index contributed by atoms with van der Waals surface area (Å²) in [4.78, 5) is 11.5. The van der Waals surface area contributed by atoms with Crippen molar-refractivity contribution in [1.29, 1.82) is 0 Å². The molecule has 0 unspecified atom stereocenters. The average molecular weight is 254 g/mol. The maximum Gasteiger partial charge on any atom is 0.250 e. The molecule has 0 amide bonds. The van der Waals surface area contributed by atoms with E-state index in [1.807, 2.05) is 13.8 Å². The van der Waals surface area contributed by atoms with E-state index >= 15 is 0 Å². The van der Waals surface area contributed by atoms with Gasteiger partial charge in [-0.3, -0.25) is 4.79 Å². The first-order valence-corrected chi connectivity index (χ1v) is 6.25. The predicted molar refractivity (Wildman–Crippen MR) is 71.6 cm³/mol. The molecule has 0 aliphatic carbocycles. The van der Waals surface area contributed by atoms with Crippen molar-refractivity contribution in [2.75, 3.05) is 25.6 Å². The zero-order chi connectivity index (χ0) is 13.4. The molecule has 2 N–H and O–H groups in total. The molecule has 0 radical (unpaired) electrons. The lowest BCUT2D eigenvalue weighted by Gasteiger charge is -2.09. The number of hydrogen-bond acceptors (Lipinski definition) is 4. The standard InChI is InChI=1S/C13H22N2O3/c1-11(2)18-9-8-17-7-3-6-15-10-12(14)4-5-13(15)16/h4-5,10-11H,3,6-9,14H2,1-2H3. The highest BCUT2D eigenvalue weighted by Gasteiger charge is 1.97. The van der Waals surface area contributed by atoms with Gasteiger partial charge in [-0.05, 0) is 26.3 Å². The zero-order valence-electron chi connectivity index (χ0n) is 11.1. The minimum atomic E-state index is -0.0349. The number of pyridine rings is 1. The number of rotatable bonds is 8. The number of aromatic nitrogens is 1. The maximum absolute atomic E-state index is 11.5. The molecule has 1 aromatic rings. The van der Waals surface area contributed by atoms with Gasteiger partial charge in [0, 0.05) is 31.1 Å². The molecular weight excluding hydrogens is 232 g/mol. The van der Waals surface area contributed by atoms with Crippen molar-refractivity contribution in [1.82, 2.24) is 4.57 Å². The van der Waals surface area contributed by atoms with E-state index in [1.165, 1.54) is 6.07 Å². The summed E-state index contributed by atoms with van der Waals surface area (Å²) in [5.74, 6) is 0. The van der Waals surface area contributed by atoms with Gasteiger partial charge in [-0.25, -0.2) is 0 Å². The number of nitrogens with two attached hydrogens (primary N) is 1. The van der Waals surface area contributed by atoms with Crippen LogP contribution in [-0.4, -0.2) is 30.5 Å². The third-order valence-corrected chi connectivity index (χ3v) is 2.37. The van der Waals surface area contributed by atoms with Crippen LogP contribution in [0.25, 0.3) is 0 Å². The van der Waals surface area contributed by atoms with Gasteiger partial charge < -0.3 is 19.8 Å². The molecule has 102 valence electrons. The van der Waals surface area contributed by atoms with Crippen LogP contribution in [0.1, 0.15) is 20.3 Å². The van der Waals surface area contributed by atoms with Gasteiger partial charge in [-0.2, -0.15) is 0 Å². The number of hydrogen-bond donors (Lipinski definition) is 1. The van der Waals surface area contributed by atoms with Crippen molar-refractivity contribution in [3.63, 3.8) is 0 Å². The van der Waals surface area contributed by atoms with Crippen LogP contribution in [0, 0.1) is 0 Å². The van der Waals surface area contributed by atoms with Crippen molar-refractivity contribution in [3.8, 4) is 0 Å². The molecular formula is C13H22N2O3. The number of nitrogen functional groups attached to an aromatic ring is 1. The fourth-order valence-corrected chi connectivity index (χ4v) is 1.51. The quantitative estimate of drug-likeness (QED) is 0.709. The van der Waals surface area contributed by atoms with Gasteiger partial charge in [0.2, 0.25) is 0 Å². The summed E-state index contributed by atoms with van der Waals surface area (Å²) in [5.41, 5.74) is 6.18. The second kappa shape index (κ2) is 7.89. The third-order valence-electron chi connectivity index (χ3n) is 2.37. The van der Waals surface area contributed by atoms with Crippen LogP contribution >= 0.6 is 0 Å². The summed E-state index contributed by atoms with van der Waals surface area (Å²) < 4.78 is 12.3. The minimum absolute atomic E-state index is 0.0349. The Morgan fingerprint density at radius 1 is 1.28 bits per heavy atom. The highest BCUT2D eigenvalue weighted by molar-refractivity contribution is 5.33. The molecule has 1 heterocycles. The Hall–Kier alpha value is -1.33. The molecule has 0 fully saturated rings. The number of nitrogens with zero attached hydrogens (tertiary/aromatic N) is 1. The van der Waals surface area contributed by atoms with Gasteiger partial charge in [-0.15, -0.1) is 0 Å². The first-order chi connectivity index (χ1) is 8.59. The summed E-state index contributed by atoms with van der Waals surface area (Å²) in [6.07, 6.45) is 2.68. The van der Waals surface area contributed by atoms with Crippen LogP contribution < -0.4 is 11.3 Å². The molecule has 0 bridgehead atoms. The lowest BCUT2D eigenvalue weighted by Crippen LogP contribution is -2.20. The third kappa shape index (κ3) is 5.84. The SMILES string of the molecule is CC(C)OCCOCCCn1cc(N)ccc1=O. The van der Waals surface area contributed by atoms with E-state index in [0.29, 0.717) is 32.1 Å². The van der Waals surface area contributed by atoms with Crippen LogP contribution in [0.2, 0.25) is 0 Å². The van der Waals surface area contributed by atoms with Crippen molar-refractivity contribution < 1.29 is 9.47 Å². The van der Waals surface area contributed by atoms with Crippen molar-refractivity contribution in [3.05, 3.63) is 28.7 Å². The largest absolute Gasteiger partial charge is 0.398 e. The van der Waals surface area contributed by atoms with E-state index in [9.17, 15) is 4.79 Å². The Labute approximate surface area is 108 Å². The van der Waals surface area contributed by atoms with Gasteiger partial charge in [0.1, 0.15) is 0 Å². The number of aryl methyl sites for hydroxylation is 1. The maximum atomic E-state index is 11.5. The summed E-state index contributed by atoms with van der Waals surface area (Å²) in [7, 11) is 0. The van der Waals surface area contributed by atoms with Crippen LogP contribution in [0.5, 0.6) is 0 Å². The minimum Gasteiger partial charge on any atom is -0.398 e. The van der Waals surface area contributed by atoms with E-state index in [-0.39, 0.29) is 11.7 Å². The highest BCUT2D eigenvalue weighted by Crippen LogP contribution is 1.97. The zero-order valence-corrected chi connectivity index (χ0v) is 11.1. The molecule has 0 aliphatic rings. The molecule has 1 rings (SSSR count). The molecule has 18 heavy (non-hydrogen) atoms. The topological polar surface area (TPSA) is 66.5 Å². The van der Waals surface area contributed by atoms with Gasteiger partial charge in [0.05, 0.1) is 19.3 Å². The molecule has 0 saturated heterocycles. The second-order valence-electron chi connectivity index (χ2n) is 4.38. The number of ether oxygens (including phenoxy) is 2.